The van der Waals surface area contributed by atoms with Gasteiger partial charge < -0.3 is 9.63 Å². The molecule has 0 aliphatic rings. The maximum atomic E-state index is 10.8. The second kappa shape index (κ2) is 5.16. The third-order valence-corrected chi connectivity index (χ3v) is 3.07. The van der Waals surface area contributed by atoms with Gasteiger partial charge in [0.25, 0.3) is 5.89 Å². The van der Waals surface area contributed by atoms with Crippen LogP contribution in [0.3, 0.4) is 0 Å². The Labute approximate surface area is 120 Å². The van der Waals surface area contributed by atoms with E-state index in [0.29, 0.717) is 17.3 Å². The van der Waals surface area contributed by atoms with Crippen LogP contribution in [-0.2, 0) is 0 Å². The van der Waals surface area contributed by atoms with Crippen LogP contribution in [0.2, 0.25) is 0 Å². The van der Waals surface area contributed by atoms with E-state index in [1.165, 1.54) is 12.1 Å². The molecule has 0 atom stereocenters. The molecular formula is C15H11N3O3. The van der Waals surface area contributed by atoms with Crippen molar-refractivity contribution in [2.75, 3.05) is 0 Å². The molecule has 104 valence electrons. The first-order chi connectivity index (χ1) is 10.1. The average Bonchev–Trinajstić information content (AvgIpc) is 2.97. The highest BCUT2D eigenvalue weighted by Gasteiger charge is 2.12. The highest BCUT2D eigenvalue weighted by Crippen LogP contribution is 2.24. The molecule has 1 aromatic carbocycles. The molecule has 1 N–H and O–H groups in total. The van der Waals surface area contributed by atoms with E-state index in [9.17, 15) is 4.79 Å². The predicted octanol–water partition coefficient (Wildman–Crippen LogP) is 2.81. The number of aromatic nitrogens is 3. The Bertz CT molecular complexity index is 794. The maximum absolute atomic E-state index is 10.8. The van der Waals surface area contributed by atoms with E-state index in [-0.39, 0.29) is 5.56 Å². The molecule has 0 spiro atoms. The fourth-order valence-corrected chi connectivity index (χ4v) is 1.93. The van der Waals surface area contributed by atoms with Crippen LogP contribution in [-0.4, -0.2) is 26.2 Å². The lowest BCUT2D eigenvalue weighted by atomic mass is 10.1. The predicted molar refractivity (Wildman–Crippen MR) is 74.7 cm³/mol. The molecule has 0 aliphatic heterocycles. The van der Waals surface area contributed by atoms with Gasteiger partial charge in [0.15, 0.2) is 0 Å². The van der Waals surface area contributed by atoms with Gasteiger partial charge in [0.2, 0.25) is 5.82 Å². The lowest BCUT2D eigenvalue weighted by Gasteiger charge is -1.97. The smallest absolute Gasteiger partial charge is 0.335 e. The van der Waals surface area contributed by atoms with Gasteiger partial charge >= 0.3 is 5.97 Å². The fourth-order valence-electron chi connectivity index (χ4n) is 1.93. The number of aryl methyl sites for hydroxylation is 1. The molecule has 0 aliphatic carbocycles. The molecule has 0 bridgehead atoms. The number of rotatable bonds is 3. The van der Waals surface area contributed by atoms with Gasteiger partial charge in [0.1, 0.15) is 0 Å². The Morgan fingerprint density at radius 3 is 2.62 bits per heavy atom. The molecule has 0 radical (unpaired) electrons. The summed E-state index contributed by atoms with van der Waals surface area (Å²) in [6.45, 7) is 1.92. The van der Waals surface area contributed by atoms with E-state index in [0.717, 1.165) is 11.1 Å². The third kappa shape index (κ3) is 2.51. The number of carboxylic acids is 1. The number of hydrogen-bond donors (Lipinski definition) is 1. The molecular weight excluding hydrogens is 270 g/mol. The van der Waals surface area contributed by atoms with Crippen molar-refractivity contribution >= 4 is 5.97 Å². The minimum absolute atomic E-state index is 0.212. The molecule has 0 unspecified atom stereocenters. The number of aromatic carboxylic acids is 1. The number of pyridine rings is 1. The summed E-state index contributed by atoms with van der Waals surface area (Å²) in [6, 6.07) is 8.09. The second-order valence-electron chi connectivity index (χ2n) is 4.50. The van der Waals surface area contributed by atoms with E-state index in [1.54, 1.807) is 24.5 Å². The summed E-state index contributed by atoms with van der Waals surface area (Å²) < 4.78 is 5.23. The SMILES string of the molecule is Cc1cnccc1-c1noc(-c2ccc(C(=O)O)cc2)n1. The Morgan fingerprint density at radius 1 is 1.19 bits per heavy atom. The van der Waals surface area contributed by atoms with Crippen LogP contribution in [0.25, 0.3) is 22.8 Å². The number of hydrogen-bond acceptors (Lipinski definition) is 5. The van der Waals surface area contributed by atoms with Crippen molar-refractivity contribution in [1.82, 2.24) is 15.1 Å². The van der Waals surface area contributed by atoms with Crippen LogP contribution in [0.15, 0.2) is 47.2 Å². The van der Waals surface area contributed by atoms with Crippen molar-refractivity contribution in [2.24, 2.45) is 0 Å². The van der Waals surface area contributed by atoms with Crippen molar-refractivity contribution in [3.63, 3.8) is 0 Å². The summed E-state index contributed by atoms with van der Waals surface area (Å²) in [6.07, 6.45) is 3.40. The Kier molecular flexibility index (Phi) is 3.19. The standard InChI is InChI=1S/C15H11N3O3/c1-9-8-16-7-6-12(9)13-17-14(21-18-13)10-2-4-11(5-3-10)15(19)20/h2-8H,1H3,(H,19,20). The summed E-state index contributed by atoms with van der Waals surface area (Å²) in [7, 11) is 0. The number of nitrogens with zero attached hydrogens (tertiary/aromatic N) is 3. The monoisotopic (exact) mass is 281 g/mol. The van der Waals surface area contributed by atoms with Gasteiger partial charge in [-0.25, -0.2) is 4.79 Å². The van der Waals surface area contributed by atoms with Crippen LogP contribution in [0.1, 0.15) is 15.9 Å². The summed E-state index contributed by atoms with van der Waals surface area (Å²) in [5.41, 5.74) is 2.68. The van der Waals surface area contributed by atoms with Crippen molar-refractivity contribution in [3.8, 4) is 22.8 Å². The lowest BCUT2D eigenvalue weighted by molar-refractivity contribution is 0.0697. The minimum Gasteiger partial charge on any atom is -0.478 e. The topological polar surface area (TPSA) is 89.1 Å². The molecule has 2 aromatic heterocycles. The zero-order valence-corrected chi connectivity index (χ0v) is 11.1. The van der Waals surface area contributed by atoms with Crippen LogP contribution in [0, 0.1) is 6.92 Å². The van der Waals surface area contributed by atoms with Gasteiger partial charge in [-0.3, -0.25) is 4.98 Å². The molecule has 6 heteroatoms. The maximum Gasteiger partial charge on any atom is 0.335 e. The summed E-state index contributed by atoms with van der Waals surface area (Å²) in [5, 5.41) is 12.8. The zero-order chi connectivity index (χ0) is 14.8. The molecule has 2 heterocycles. The molecule has 0 amide bonds. The van der Waals surface area contributed by atoms with Crippen molar-refractivity contribution in [1.29, 1.82) is 0 Å². The highest BCUT2D eigenvalue weighted by molar-refractivity contribution is 5.88. The van der Waals surface area contributed by atoms with Crippen molar-refractivity contribution < 1.29 is 14.4 Å². The lowest BCUT2D eigenvalue weighted by Crippen LogP contribution is -1.94. The normalized spacial score (nSPS) is 10.5. The zero-order valence-electron chi connectivity index (χ0n) is 11.1. The second-order valence-corrected chi connectivity index (χ2v) is 4.50. The van der Waals surface area contributed by atoms with E-state index >= 15 is 0 Å². The first-order valence-electron chi connectivity index (χ1n) is 6.23. The average molecular weight is 281 g/mol. The van der Waals surface area contributed by atoms with Gasteiger partial charge in [-0.2, -0.15) is 4.98 Å². The van der Waals surface area contributed by atoms with E-state index in [2.05, 4.69) is 15.1 Å². The summed E-state index contributed by atoms with van der Waals surface area (Å²) >= 11 is 0. The van der Waals surface area contributed by atoms with Crippen LogP contribution in [0.4, 0.5) is 0 Å². The molecule has 0 fully saturated rings. The van der Waals surface area contributed by atoms with E-state index < -0.39 is 5.97 Å². The van der Waals surface area contributed by atoms with Crippen molar-refractivity contribution in [2.45, 2.75) is 6.92 Å². The highest BCUT2D eigenvalue weighted by atomic mass is 16.5. The van der Waals surface area contributed by atoms with Gasteiger partial charge in [-0.05, 0) is 42.8 Å². The Balaban J connectivity index is 1.95. The minimum atomic E-state index is -0.972. The van der Waals surface area contributed by atoms with E-state index in [4.69, 9.17) is 9.63 Å². The third-order valence-electron chi connectivity index (χ3n) is 3.07. The Morgan fingerprint density at radius 2 is 1.95 bits per heavy atom. The number of carbonyl (C=O) groups is 1. The molecule has 21 heavy (non-hydrogen) atoms. The first-order valence-corrected chi connectivity index (χ1v) is 6.23. The molecule has 3 rings (SSSR count). The van der Waals surface area contributed by atoms with Crippen LogP contribution in [0.5, 0.6) is 0 Å². The van der Waals surface area contributed by atoms with Gasteiger partial charge in [0, 0.05) is 23.5 Å². The molecule has 3 aromatic rings. The van der Waals surface area contributed by atoms with Gasteiger partial charge in [0.05, 0.1) is 5.56 Å². The van der Waals surface area contributed by atoms with Gasteiger partial charge in [-0.1, -0.05) is 5.16 Å². The number of benzene rings is 1. The Hall–Kier alpha value is -3.02. The largest absolute Gasteiger partial charge is 0.478 e. The quantitative estimate of drug-likeness (QED) is 0.794. The van der Waals surface area contributed by atoms with Gasteiger partial charge in [-0.15, -0.1) is 0 Å². The molecule has 6 nitrogen and oxygen atoms in total. The first kappa shape index (κ1) is 13.0. The fraction of sp³-hybridized carbons (Fsp3) is 0.0667. The molecule has 0 saturated carbocycles. The van der Waals surface area contributed by atoms with Crippen LogP contribution < -0.4 is 0 Å². The number of carboxylic acid groups (broad SMARTS) is 1. The summed E-state index contributed by atoms with van der Waals surface area (Å²) in [5.74, 6) is -0.148. The van der Waals surface area contributed by atoms with Crippen molar-refractivity contribution in [3.05, 3.63) is 53.9 Å². The summed E-state index contributed by atoms with van der Waals surface area (Å²) in [4.78, 5) is 19.2. The molecule has 0 saturated heterocycles. The van der Waals surface area contributed by atoms with E-state index in [1.807, 2.05) is 13.0 Å². The van der Waals surface area contributed by atoms with Crippen LogP contribution >= 0.6 is 0 Å².